The van der Waals surface area contributed by atoms with Crippen LogP contribution in [0.25, 0.3) is 16.7 Å². The van der Waals surface area contributed by atoms with Crippen LogP contribution in [-0.4, -0.2) is 56.0 Å². The van der Waals surface area contributed by atoms with Crippen molar-refractivity contribution in [1.29, 1.82) is 0 Å². The van der Waals surface area contributed by atoms with Crippen LogP contribution in [0.4, 0.5) is 13.2 Å². The van der Waals surface area contributed by atoms with E-state index in [2.05, 4.69) is 10.2 Å². The van der Waals surface area contributed by atoms with Gasteiger partial charge in [0.15, 0.2) is 0 Å². The molecule has 0 aliphatic carbocycles. The lowest BCUT2D eigenvalue weighted by Gasteiger charge is -2.43. The molecule has 1 N–H and O–H groups in total. The fraction of sp³-hybridized carbons (Fsp3) is 0.519. The molecular formula is C27H35F3N4O4. The minimum absolute atomic E-state index is 0.0996. The monoisotopic (exact) mass is 536 g/mol. The Balaban J connectivity index is 1.66. The summed E-state index contributed by atoms with van der Waals surface area (Å²) in [7, 11) is 1.47. The molecule has 1 heterocycles. The lowest BCUT2D eigenvalue weighted by molar-refractivity contribution is -0.228. The highest BCUT2D eigenvalue weighted by Crippen LogP contribution is 2.32. The largest absolute Gasteiger partial charge is 0.494 e. The van der Waals surface area contributed by atoms with Crippen molar-refractivity contribution in [3.05, 3.63) is 47.5 Å². The van der Waals surface area contributed by atoms with Crippen molar-refractivity contribution in [2.75, 3.05) is 13.7 Å². The number of aryl methyl sites for hydroxylation is 1. The number of nitrogens with zero attached hydrogens (tertiary/aromatic N) is 4. The van der Waals surface area contributed by atoms with Crippen molar-refractivity contribution in [2.45, 2.75) is 77.6 Å². The molecule has 0 saturated carbocycles. The third-order valence-corrected chi connectivity index (χ3v) is 6.77. The molecule has 0 atom stereocenters. The van der Waals surface area contributed by atoms with Gasteiger partial charge in [0.05, 0.1) is 19.3 Å². The zero-order chi connectivity index (χ0) is 28.3. The molecule has 208 valence electrons. The van der Waals surface area contributed by atoms with Gasteiger partial charge in [0.1, 0.15) is 22.5 Å². The van der Waals surface area contributed by atoms with Crippen molar-refractivity contribution < 1.29 is 32.6 Å². The Kier molecular flexibility index (Phi) is 8.72. The summed E-state index contributed by atoms with van der Waals surface area (Å²) in [5.74, 6) is 0.0542. The average molecular weight is 537 g/mol. The molecule has 0 fully saturated rings. The van der Waals surface area contributed by atoms with Gasteiger partial charge in [-0.1, -0.05) is 13.0 Å². The summed E-state index contributed by atoms with van der Waals surface area (Å²) in [6.07, 6.45) is -2.77. The van der Waals surface area contributed by atoms with Crippen LogP contribution in [0, 0.1) is 0 Å². The Morgan fingerprint density at radius 1 is 1.03 bits per heavy atom. The standard InChI is InChI=1S/C27H35F3N4O4/c1-7-25(2,3)34(36)26(4,5)14-15-38-24(35)13-9-18-8-12-23(37-6)22(16-18)33-31-20-11-10-19(27(28,29)30)17-21(20)32-33/h8,10-12,16-17,36H,7,9,13-15H2,1-6H3. The fourth-order valence-electron chi connectivity index (χ4n) is 4.05. The van der Waals surface area contributed by atoms with E-state index in [1.165, 1.54) is 23.0 Å². The van der Waals surface area contributed by atoms with Crippen molar-refractivity contribution in [3.63, 3.8) is 0 Å². The number of benzene rings is 2. The molecule has 3 aromatic rings. The molecule has 1 aromatic heterocycles. The SMILES string of the molecule is CCC(C)(C)N(O)C(C)(C)CCOC(=O)CCc1ccc(OC)c(-n2nc3ccc(C(F)(F)F)cc3n2)c1. The van der Waals surface area contributed by atoms with Gasteiger partial charge in [-0.25, -0.2) is 0 Å². The summed E-state index contributed by atoms with van der Waals surface area (Å²) in [5.41, 5.74) is -0.168. The number of alkyl halides is 3. The van der Waals surface area contributed by atoms with Gasteiger partial charge in [0.25, 0.3) is 0 Å². The number of carbonyl (C=O) groups excluding carboxylic acids is 1. The molecular weight excluding hydrogens is 501 g/mol. The summed E-state index contributed by atoms with van der Waals surface area (Å²) in [5, 5.41) is 20.4. The second kappa shape index (κ2) is 11.3. The number of hydrogen-bond donors (Lipinski definition) is 1. The topological polar surface area (TPSA) is 89.7 Å². The molecule has 38 heavy (non-hydrogen) atoms. The molecule has 0 amide bonds. The number of aromatic nitrogens is 3. The number of hydrogen-bond acceptors (Lipinski definition) is 7. The molecule has 0 aliphatic heterocycles. The number of halogens is 3. The van der Waals surface area contributed by atoms with Crippen molar-refractivity contribution in [3.8, 4) is 11.4 Å². The quantitative estimate of drug-likeness (QED) is 0.238. The van der Waals surface area contributed by atoms with E-state index in [-0.39, 0.29) is 24.5 Å². The van der Waals surface area contributed by atoms with E-state index in [1.807, 2.05) is 34.6 Å². The molecule has 11 heteroatoms. The minimum atomic E-state index is -4.48. The van der Waals surface area contributed by atoms with Gasteiger partial charge in [-0.15, -0.1) is 15.0 Å². The average Bonchev–Trinajstić information content (AvgIpc) is 3.29. The second-order valence-electron chi connectivity index (χ2n) is 10.5. The van der Waals surface area contributed by atoms with Crippen molar-refractivity contribution in [1.82, 2.24) is 20.1 Å². The Bertz CT molecular complexity index is 1270. The molecule has 0 saturated heterocycles. The predicted octanol–water partition coefficient (Wildman–Crippen LogP) is 5.97. The highest BCUT2D eigenvalue weighted by molar-refractivity contribution is 5.75. The maximum atomic E-state index is 13.1. The zero-order valence-corrected chi connectivity index (χ0v) is 22.6. The number of ether oxygens (including phenoxy) is 2. The third kappa shape index (κ3) is 6.82. The van der Waals surface area contributed by atoms with Gasteiger partial charge in [-0.05, 0) is 76.4 Å². The summed E-state index contributed by atoms with van der Waals surface area (Å²) < 4.78 is 50.0. The van der Waals surface area contributed by atoms with Gasteiger partial charge in [0, 0.05) is 23.9 Å². The lowest BCUT2D eigenvalue weighted by Crippen LogP contribution is -2.53. The number of methoxy groups -OCH3 is 1. The first-order valence-electron chi connectivity index (χ1n) is 12.4. The van der Waals surface area contributed by atoms with E-state index in [4.69, 9.17) is 9.47 Å². The van der Waals surface area contributed by atoms with Crippen LogP contribution in [0.2, 0.25) is 0 Å². The summed E-state index contributed by atoms with van der Waals surface area (Å²) in [4.78, 5) is 13.6. The summed E-state index contributed by atoms with van der Waals surface area (Å²) in [6, 6.07) is 8.40. The van der Waals surface area contributed by atoms with E-state index in [9.17, 15) is 23.2 Å². The minimum Gasteiger partial charge on any atom is -0.494 e. The van der Waals surface area contributed by atoms with Gasteiger partial charge in [-0.3, -0.25) is 4.79 Å². The van der Waals surface area contributed by atoms with Crippen LogP contribution in [0.3, 0.4) is 0 Å². The molecule has 0 radical (unpaired) electrons. The number of fused-ring (bicyclic) bond motifs is 1. The lowest BCUT2D eigenvalue weighted by atomic mass is 9.92. The number of hydroxylamine groups is 2. The predicted molar refractivity (Wildman–Crippen MR) is 136 cm³/mol. The molecule has 8 nitrogen and oxygen atoms in total. The number of esters is 1. The first-order valence-corrected chi connectivity index (χ1v) is 12.4. The van der Waals surface area contributed by atoms with Crippen molar-refractivity contribution in [2.24, 2.45) is 0 Å². The first kappa shape index (κ1) is 29.4. The van der Waals surface area contributed by atoms with Crippen LogP contribution >= 0.6 is 0 Å². The number of carbonyl (C=O) groups is 1. The molecule has 0 bridgehead atoms. The van der Waals surface area contributed by atoms with Crippen LogP contribution < -0.4 is 4.74 Å². The maximum absolute atomic E-state index is 13.1. The van der Waals surface area contributed by atoms with Crippen molar-refractivity contribution >= 4 is 17.0 Å². The molecule has 3 rings (SSSR count). The van der Waals surface area contributed by atoms with Crippen LogP contribution in [0.5, 0.6) is 5.75 Å². The van der Waals surface area contributed by atoms with Crippen LogP contribution in [0.1, 0.15) is 65.0 Å². The smallest absolute Gasteiger partial charge is 0.416 e. The molecule has 0 unspecified atom stereocenters. The van der Waals surface area contributed by atoms with Crippen LogP contribution in [0.15, 0.2) is 36.4 Å². The highest BCUT2D eigenvalue weighted by atomic mass is 19.4. The van der Waals surface area contributed by atoms with Gasteiger partial charge >= 0.3 is 12.1 Å². The third-order valence-electron chi connectivity index (χ3n) is 6.77. The van der Waals surface area contributed by atoms with E-state index < -0.39 is 22.8 Å². The molecule has 0 aliphatic rings. The highest BCUT2D eigenvalue weighted by Gasteiger charge is 2.36. The molecule has 0 spiro atoms. The van der Waals surface area contributed by atoms with E-state index in [0.717, 1.165) is 24.1 Å². The Labute approximate surface area is 220 Å². The summed E-state index contributed by atoms with van der Waals surface area (Å²) in [6.45, 7) is 9.86. The summed E-state index contributed by atoms with van der Waals surface area (Å²) >= 11 is 0. The Morgan fingerprint density at radius 3 is 2.34 bits per heavy atom. The maximum Gasteiger partial charge on any atom is 0.416 e. The van der Waals surface area contributed by atoms with Gasteiger partial charge in [0.2, 0.25) is 0 Å². The normalized spacial score (nSPS) is 12.8. The fourth-order valence-corrected chi connectivity index (χ4v) is 4.05. The number of rotatable bonds is 11. The van der Waals surface area contributed by atoms with E-state index >= 15 is 0 Å². The van der Waals surface area contributed by atoms with Gasteiger partial charge < -0.3 is 14.7 Å². The van der Waals surface area contributed by atoms with E-state index in [1.54, 1.807) is 18.2 Å². The first-order chi connectivity index (χ1) is 17.7. The Morgan fingerprint density at radius 2 is 1.71 bits per heavy atom. The van der Waals surface area contributed by atoms with Crippen LogP contribution in [-0.2, 0) is 22.1 Å². The Hall–Kier alpha value is -3.18. The second-order valence-corrected chi connectivity index (χ2v) is 10.5. The molecule has 2 aromatic carbocycles. The zero-order valence-electron chi connectivity index (χ0n) is 22.6. The van der Waals surface area contributed by atoms with E-state index in [0.29, 0.717) is 29.8 Å². The van der Waals surface area contributed by atoms with Gasteiger partial charge in [-0.2, -0.15) is 18.2 Å².